The lowest BCUT2D eigenvalue weighted by atomic mass is 9.90. The Hall–Kier alpha value is -2.62. The van der Waals surface area contributed by atoms with Crippen LogP contribution in [0.5, 0.6) is 5.75 Å². The number of ketones is 1. The van der Waals surface area contributed by atoms with Crippen molar-refractivity contribution in [2.75, 3.05) is 0 Å². The van der Waals surface area contributed by atoms with Gasteiger partial charge in [-0.25, -0.2) is 4.79 Å². The molecule has 2 aromatic rings. The molecule has 0 heterocycles. The van der Waals surface area contributed by atoms with Crippen LogP contribution in [-0.4, -0.2) is 16.9 Å². The van der Waals surface area contributed by atoms with Gasteiger partial charge >= 0.3 is 5.97 Å². The molecule has 0 bridgehead atoms. The summed E-state index contributed by atoms with van der Waals surface area (Å²) < 4.78 is 6.22. The summed E-state index contributed by atoms with van der Waals surface area (Å²) in [7, 11) is 0. The van der Waals surface area contributed by atoms with E-state index in [1.165, 1.54) is 11.1 Å². The summed E-state index contributed by atoms with van der Waals surface area (Å²) in [6.45, 7) is 12.6. The van der Waals surface area contributed by atoms with E-state index in [2.05, 4.69) is 32.0 Å². The molecule has 0 spiro atoms. The van der Waals surface area contributed by atoms with E-state index in [0.29, 0.717) is 6.61 Å². The molecule has 1 N–H and O–H groups in total. The third-order valence-corrected chi connectivity index (χ3v) is 4.51. The van der Waals surface area contributed by atoms with Gasteiger partial charge in [0.2, 0.25) is 0 Å². The van der Waals surface area contributed by atoms with E-state index < -0.39 is 11.8 Å². The van der Waals surface area contributed by atoms with Gasteiger partial charge in [-0.3, -0.25) is 4.79 Å². The fourth-order valence-electron chi connectivity index (χ4n) is 3.26. The maximum atomic E-state index is 12.0. The predicted molar refractivity (Wildman–Crippen MR) is 107 cm³/mol. The van der Waals surface area contributed by atoms with E-state index in [4.69, 9.17) is 9.84 Å². The molecule has 0 aromatic heterocycles. The molecule has 0 radical (unpaired) electrons. The van der Waals surface area contributed by atoms with Gasteiger partial charge in [-0.05, 0) is 54.5 Å². The number of hydrogen-bond donors (Lipinski definition) is 1. The van der Waals surface area contributed by atoms with Crippen LogP contribution in [0.25, 0.3) is 0 Å². The summed E-state index contributed by atoms with van der Waals surface area (Å²) in [6, 6.07) is 9.63. The molecule has 0 atom stereocenters. The molecule has 4 heteroatoms. The van der Waals surface area contributed by atoms with Gasteiger partial charge in [-0.1, -0.05) is 57.0 Å². The number of aliphatic carboxylic acids is 1. The number of carbonyl (C=O) groups excluding carboxylic acids is 1. The lowest BCUT2D eigenvalue weighted by Crippen LogP contribution is -2.15. The summed E-state index contributed by atoms with van der Waals surface area (Å²) in [6.07, 6.45) is 0. The van der Waals surface area contributed by atoms with Crippen LogP contribution >= 0.6 is 0 Å². The monoisotopic (exact) mass is 368 g/mol. The number of aryl methyl sites for hydroxylation is 2. The van der Waals surface area contributed by atoms with Crippen molar-refractivity contribution < 1.29 is 19.4 Å². The lowest BCUT2D eigenvalue weighted by molar-refractivity contribution is -0.131. The molecule has 4 nitrogen and oxygen atoms in total. The van der Waals surface area contributed by atoms with Gasteiger partial charge in [0.05, 0.1) is 0 Å². The third kappa shape index (κ3) is 4.97. The van der Waals surface area contributed by atoms with Gasteiger partial charge in [-0.15, -0.1) is 0 Å². The Morgan fingerprint density at radius 2 is 1.37 bits per heavy atom. The van der Waals surface area contributed by atoms with Crippen molar-refractivity contribution in [2.24, 2.45) is 0 Å². The van der Waals surface area contributed by atoms with Crippen LogP contribution < -0.4 is 4.74 Å². The molecule has 27 heavy (non-hydrogen) atoms. The lowest BCUT2D eigenvalue weighted by Gasteiger charge is -2.21. The number of rotatable bonds is 7. The van der Waals surface area contributed by atoms with Crippen LogP contribution in [0.3, 0.4) is 0 Å². The highest BCUT2D eigenvalue weighted by atomic mass is 16.5. The van der Waals surface area contributed by atoms with E-state index in [9.17, 15) is 9.59 Å². The Labute approximate surface area is 161 Å². The summed E-state index contributed by atoms with van der Waals surface area (Å²) >= 11 is 0. The minimum atomic E-state index is -1.44. The van der Waals surface area contributed by atoms with Crippen molar-refractivity contribution in [1.29, 1.82) is 0 Å². The molecule has 0 saturated carbocycles. The zero-order chi connectivity index (χ0) is 20.3. The smallest absolute Gasteiger partial charge is 0.377 e. The quantitative estimate of drug-likeness (QED) is 0.525. The van der Waals surface area contributed by atoms with E-state index in [1.54, 1.807) is 12.1 Å². The highest BCUT2D eigenvalue weighted by molar-refractivity contribution is 6.39. The number of carboxylic acids is 1. The molecule has 2 aromatic carbocycles. The predicted octanol–water partition coefficient (Wildman–Crippen LogP) is 5.40. The van der Waals surface area contributed by atoms with Crippen LogP contribution in [0.2, 0.25) is 0 Å². The average Bonchev–Trinajstić information content (AvgIpc) is 2.57. The number of carboxylic acid groups (broad SMARTS) is 1. The van der Waals surface area contributed by atoms with Crippen LogP contribution in [0.4, 0.5) is 0 Å². The normalized spacial score (nSPS) is 11.1. The fourth-order valence-corrected chi connectivity index (χ4v) is 3.26. The van der Waals surface area contributed by atoms with Crippen molar-refractivity contribution in [3.05, 3.63) is 63.7 Å². The SMILES string of the molecule is Cc1cc(C)cc(COc2c(C(C)C)cc(C(=O)C(=O)O)cc2C(C)C)c1. The van der Waals surface area contributed by atoms with Gasteiger partial charge in [0.1, 0.15) is 12.4 Å². The van der Waals surface area contributed by atoms with Crippen molar-refractivity contribution in [1.82, 2.24) is 0 Å². The average molecular weight is 368 g/mol. The molecule has 0 aliphatic carbocycles. The molecule has 0 unspecified atom stereocenters. The van der Waals surface area contributed by atoms with Crippen LogP contribution in [0.1, 0.15) is 77.7 Å². The van der Waals surface area contributed by atoms with Crippen LogP contribution in [-0.2, 0) is 11.4 Å². The van der Waals surface area contributed by atoms with E-state index in [0.717, 1.165) is 22.4 Å². The Morgan fingerprint density at radius 1 is 0.889 bits per heavy atom. The first-order valence-electron chi connectivity index (χ1n) is 9.25. The number of carbonyl (C=O) groups is 2. The second-order valence-corrected chi connectivity index (χ2v) is 7.71. The van der Waals surface area contributed by atoms with Gasteiger partial charge in [0.25, 0.3) is 5.78 Å². The summed E-state index contributed by atoms with van der Waals surface area (Å²) in [5, 5.41) is 9.09. The van der Waals surface area contributed by atoms with E-state index in [-0.39, 0.29) is 17.4 Å². The topological polar surface area (TPSA) is 63.6 Å². The maximum Gasteiger partial charge on any atom is 0.377 e. The molecule has 0 aliphatic rings. The van der Waals surface area contributed by atoms with Crippen molar-refractivity contribution in [3.8, 4) is 5.75 Å². The highest BCUT2D eigenvalue weighted by Crippen LogP contribution is 2.36. The number of Topliss-reactive ketones (excluding diaryl/α,β-unsaturated/α-hetero) is 1. The fraction of sp³-hybridized carbons (Fsp3) is 0.391. The van der Waals surface area contributed by atoms with Crippen molar-refractivity contribution in [2.45, 2.75) is 60.0 Å². The Morgan fingerprint density at radius 3 is 1.78 bits per heavy atom. The minimum Gasteiger partial charge on any atom is -0.488 e. The molecule has 144 valence electrons. The Kier molecular flexibility index (Phi) is 6.42. The van der Waals surface area contributed by atoms with Crippen molar-refractivity contribution in [3.63, 3.8) is 0 Å². The molecule has 0 aliphatic heterocycles. The number of hydrogen-bond acceptors (Lipinski definition) is 3. The number of benzene rings is 2. The Bertz CT molecular complexity index is 813. The third-order valence-electron chi connectivity index (χ3n) is 4.51. The minimum absolute atomic E-state index is 0.0956. The van der Waals surface area contributed by atoms with Gasteiger partial charge in [0.15, 0.2) is 0 Å². The molecular formula is C23H28O4. The highest BCUT2D eigenvalue weighted by Gasteiger charge is 2.22. The molecule has 2 rings (SSSR count). The first kappa shape index (κ1) is 20.7. The molecule has 0 saturated heterocycles. The van der Waals surface area contributed by atoms with Crippen LogP contribution in [0.15, 0.2) is 30.3 Å². The first-order chi connectivity index (χ1) is 12.6. The maximum absolute atomic E-state index is 12.0. The standard InChI is InChI=1S/C23H28O4/c1-13(2)19-10-18(21(24)23(25)26)11-20(14(3)4)22(19)27-12-17-8-15(5)7-16(6)9-17/h7-11,13-14H,12H2,1-6H3,(H,25,26). The molecular weight excluding hydrogens is 340 g/mol. The Balaban J connectivity index is 2.49. The number of ether oxygens (including phenoxy) is 1. The van der Waals surface area contributed by atoms with E-state index >= 15 is 0 Å². The van der Waals surface area contributed by atoms with Gasteiger partial charge in [-0.2, -0.15) is 0 Å². The largest absolute Gasteiger partial charge is 0.488 e. The zero-order valence-electron chi connectivity index (χ0n) is 16.9. The summed E-state index contributed by atoms with van der Waals surface area (Å²) in [5.74, 6) is -1.39. The zero-order valence-corrected chi connectivity index (χ0v) is 16.9. The molecule has 0 amide bonds. The second kappa shape index (κ2) is 8.38. The van der Waals surface area contributed by atoms with Crippen molar-refractivity contribution >= 4 is 11.8 Å². The van der Waals surface area contributed by atoms with Gasteiger partial charge in [0, 0.05) is 5.56 Å². The molecule has 0 fully saturated rings. The second-order valence-electron chi connectivity index (χ2n) is 7.71. The summed E-state index contributed by atoms with van der Waals surface area (Å²) in [5.41, 5.74) is 5.37. The first-order valence-corrected chi connectivity index (χ1v) is 9.25. The van der Waals surface area contributed by atoms with E-state index in [1.807, 2.05) is 27.7 Å². The summed E-state index contributed by atoms with van der Waals surface area (Å²) in [4.78, 5) is 23.2. The van der Waals surface area contributed by atoms with Gasteiger partial charge < -0.3 is 9.84 Å². The van der Waals surface area contributed by atoms with Crippen LogP contribution in [0, 0.1) is 13.8 Å².